The Morgan fingerprint density at radius 3 is 2.74 bits per heavy atom. The van der Waals surface area contributed by atoms with Crippen LogP contribution in [0.1, 0.15) is 17.5 Å². The SMILES string of the molecule is CCn1c(=O)/c(=C2\Sc3cc(C)ccc3N2C)s/c1=C\c1scc[n+]1C.[Cl-]. The van der Waals surface area contributed by atoms with Crippen molar-refractivity contribution in [1.82, 2.24) is 4.57 Å². The Morgan fingerprint density at radius 1 is 1.30 bits per heavy atom. The van der Waals surface area contributed by atoms with Crippen LogP contribution in [-0.2, 0) is 13.6 Å². The molecule has 0 amide bonds. The molecule has 0 spiro atoms. The molecule has 1 aromatic carbocycles. The van der Waals surface area contributed by atoms with Gasteiger partial charge in [-0.1, -0.05) is 29.2 Å². The van der Waals surface area contributed by atoms with E-state index in [-0.39, 0.29) is 18.0 Å². The summed E-state index contributed by atoms with van der Waals surface area (Å²) >= 11 is 4.95. The van der Waals surface area contributed by atoms with Gasteiger partial charge >= 0.3 is 0 Å². The Kier molecular flexibility index (Phi) is 5.86. The summed E-state index contributed by atoms with van der Waals surface area (Å²) in [5, 5.41) is 4.22. The molecule has 4 nitrogen and oxygen atoms in total. The first-order valence-electron chi connectivity index (χ1n) is 8.40. The van der Waals surface area contributed by atoms with Crippen molar-refractivity contribution in [3.05, 3.63) is 59.9 Å². The summed E-state index contributed by atoms with van der Waals surface area (Å²) in [6, 6.07) is 6.44. The van der Waals surface area contributed by atoms with Crippen molar-refractivity contribution in [2.45, 2.75) is 25.3 Å². The molecule has 8 heteroatoms. The number of halogens is 1. The molecule has 1 aliphatic heterocycles. The third-order valence-electron chi connectivity index (χ3n) is 4.48. The van der Waals surface area contributed by atoms with Gasteiger partial charge in [0, 0.05) is 18.5 Å². The summed E-state index contributed by atoms with van der Waals surface area (Å²) in [6.07, 6.45) is 4.15. The fourth-order valence-electron chi connectivity index (χ4n) is 3.02. The fourth-order valence-corrected chi connectivity index (χ4v) is 6.43. The van der Waals surface area contributed by atoms with Crippen molar-refractivity contribution in [1.29, 1.82) is 0 Å². The molecule has 3 heterocycles. The van der Waals surface area contributed by atoms with E-state index < -0.39 is 0 Å². The third kappa shape index (κ3) is 3.49. The number of rotatable bonds is 2. The van der Waals surface area contributed by atoms with Crippen LogP contribution in [-0.4, -0.2) is 11.6 Å². The molecule has 2 aromatic heterocycles. The second-order valence-corrected chi connectivity index (χ2v) is 9.24. The summed E-state index contributed by atoms with van der Waals surface area (Å²) in [5.41, 5.74) is 2.51. The van der Waals surface area contributed by atoms with Gasteiger partial charge in [0.2, 0.25) is 0 Å². The molecule has 0 bridgehead atoms. The van der Waals surface area contributed by atoms with Gasteiger partial charge < -0.3 is 17.3 Å². The molecule has 0 unspecified atom stereocenters. The van der Waals surface area contributed by atoms with E-state index in [0.717, 1.165) is 19.2 Å². The number of benzene rings is 1. The summed E-state index contributed by atoms with van der Waals surface area (Å²) < 4.78 is 5.77. The lowest BCUT2D eigenvalue weighted by molar-refractivity contribution is -0.668. The van der Waals surface area contributed by atoms with Crippen LogP contribution in [0.5, 0.6) is 0 Å². The highest BCUT2D eigenvalue weighted by Gasteiger charge is 2.24. The molecule has 3 aromatic rings. The highest BCUT2D eigenvalue weighted by molar-refractivity contribution is 8.08. The van der Waals surface area contributed by atoms with Gasteiger partial charge in [0.25, 0.3) is 10.6 Å². The second-order valence-electron chi connectivity index (χ2n) is 6.25. The van der Waals surface area contributed by atoms with E-state index in [9.17, 15) is 4.79 Å². The largest absolute Gasteiger partial charge is 1.00 e. The van der Waals surface area contributed by atoms with Crippen molar-refractivity contribution >= 4 is 51.2 Å². The highest BCUT2D eigenvalue weighted by Crippen LogP contribution is 2.45. The number of fused-ring (bicyclic) bond motifs is 1. The topological polar surface area (TPSA) is 29.1 Å². The average molecular weight is 438 g/mol. The van der Waals surface area contributed by atoms with Gasteiger partial charge in [-0.25, -0.2) is 0 Å². The van der Waals surface area contributed by atoms with Crippen LogP contribution >= 0.6 is 34.4 Å². The number of hydrogen-bond donors (Lipinski definition) is 0. The minimum absolute atomic E-state index is 0. The lowest BCUT2D eigenvalue weighted by atomic mass is 10.2. The maximum Gasteiger partial charge on any atom is 0.271 e. The van der Waals surface area contributed by atoms with Crippen molar-refractivity contribution in [2.24, 2.45) is 7.05 Å². The molecule has 0 radical (unpaired) electrons. The van der Waals surface area contributed by atoms with Gasteiger partial charge in [-0.2, -0.15) is 4.57 Å². The molecule has 0 atom stereocenters. The van der Waals surface area contributed by atoms with Crippen LogP contribution in [0.3, 0.4) is 0 Å². The van der Waals surface area contributed by atoms with E-state index in [1.807, 2.05) is 31.8 Å². The lowest BCUT2D eigenvalue weighted by Crippen LogP contribution is -3.00. The zero-order valence-corrected chi connectivity index (χ0v) is 18.7. The number of aryl methyl sites for hydroxylation is 2. The van der Waals surface area contributed by atoms with Crippen LogP contribution in [0.15, 0.2) is 39.5 Å². The minimum Gasteiger partial charge on any atom is -1.00 e. The molecule has 0 N–H and O–H groups in total. The molecule has 0 saturated carbocycles. The van der Waals surface area contributed by atoms with Crippen molar-refractivity contribution < 1.29 is 17.0 Å². The first-order valence-corrected chi connectivity index (χ1v) is 10.9. The Morgan fingerprint density at radius 2 is 2.07 bits per heavy atom. The van der Waals surface area contributed by atoms with Gasteiger partial charge in [0.15, 0.2) is 6.20 Å². The van der Waals surface area contributed by atoms with Crippen molar-refractivity contribution in [2.75, 3.05) is 11.9 Å². The van der Waals surface area contributed by atoms with Crippen LogP contribution in [0.25, 0.3) is 11.1 Å². The number of hydrogen-bond acceptors (Lipinski definition) is 5. The predicted octanol–water partition coefficient (Wildman–Crippen LogP) is -0.735. The van der Waals surface area contributed by atoms with Crippen LogP contribution in [0, 0.1) is 6.92 Å². The Hall–Kier alpha value is -1.54. The first-order chi connectivity index (χ1) is 12.5. The Balaban J connectivity index is 0.00000210. The fraction of sp³-hybridized carbons (Fsp3) is 0.263. The van der Waals surface area contributed by atoms with Gasteiger partial charge in [-0.05, 0) is 31.5 Å². The molecule has 0 saturated heterocycles. The van der Waals surface area contributed by atoms with E-state index in [2.05, 4.69) is 46.0 Å². The van der Waals surface area contributed by atoms with Crippen molar-refractivity contribution in [3.63, 3.8) is 0 Å². The Labute approximate surface area is 176 Å². The van der Waals surface area contributed by atoms with E-state index in [1.54, 1.807) is 34.4 Å². The number of anilines is 1. The number of thioether (sulfide) groups is 1. The maximum atomic E-state index is 13.1. The quantitative estimate of drug-likeness (QED) is 0.495. The maximum absolute atomic E-state index is 13.1. The molecule has 4 rings (SSSR count). The number of aromatic nitrogens is 2. The van der Waals surface area contributed by atoms with Gasteiger partial charge in [0.1, 0.15) is 21.3 Å². The van der Waals surface area contributed by atoms with Crippen LogP contribution < -0.4 is 36.6 Å². The molecule has 0 fully saturated rings. The third-order valence-corrected chi connectivity index (χ3v) is 7.85. The van der Waals surface area contributed by atoms with Gasteiger partial charge in [-0.15, -0.1) is 11.3 Å². The van der Waals surface area contributed by atoms with E-state index in [1.165, 1.54) is 16.1 Å². The zero-order valence-electron chi connectivity index (χ0n) is 15.5. The van der Waals surface area contributed by atoms with Gasteiger partial charge in [-0.3, -0.25) is 9.36 Å². The van der Waals surface area contributed by atoms with Gasteiger partial charge in [0.05, 0.1) is 17.1 Å². The first kappa shape index (κ1) is 20.2. The van der Waals surface area contributed by atoms with Crippen molar-refractivity contribution in [3.8, 4) is 0 Å². The van der Waals surface area contributed by atoms with E-state index >= 15 is 0 Å². The van der Waals surface area contributed by atoms with E-state index in [4.69, 9.17) is 0 Å². The van der Waals surface area contributed by atoms with Crippen LogP contribution in [0.4, 0.5) is 5.69 Å². The summed E-state index contributed by atoms with van der Waals surface area (Å²) in [4.78, 5) is 16.4. The molecule has 0 aliphatic carbocycles. The Bertz CT molecular complexity index is 1180. The minimum atomic E-state index is 0. The molecule has 27 heavy (non-hydrogen) atoms. The number of nitrogens with zero attached hydrogens (tertiary/aromatic N) is 3. The molecular weight excluding hydrogens is 418 g/mol. The summed E-state index contributed by atoms with van der Waals surface area (Å²) in [5.74, 6) is 0. The standard InChI is InChI=1S/C19H20N3OS3.ClH/c1-5-22-16(11-15-20(3)8-9-24-15)26-17(18(22)23)19-21(4)13-7-6-12(2)10-14(13)25-19;/h6-11H,5H2,1-4H3;1H/q+1;/p-1/b19-17+;. The summed E-state index contributed by atoms with van der Waals surface area (Å²) in [7, 11) is 4.07. The second kappa shape index (κ2) is 7.83. The lowest BCUT2D eigenvalue weighted by Gasteiger charge is -2.12. The molecule has 142 valence electrons. The van der Waals surface area contributed by atoms with Crippen LogP contribution in [0.2, 0.25) is 0 Å². The number of thiazole rings is 2. The summed E-state index contributed by atoms with van der Waals surface area (Å²) in [6.45, 7) is 4.80. The monoisotopic (exact) mass is 437 g/mol. The average Bonchev–Trinajstić information content (AvgIpc) is 3.25. The highest BCUT2D eigenvalue weighted by atomic mass is 35.5. The predicted molar refractivity (Wildman–Crippen MR) is 111 cm³/mol. The molecule has 1 aliphatic rings. The normalized spacial score (nSPS) is 15.9. The molecular formula is C19H20ClN3OS3. The smallest absolute Gasteiger partial charge is 0.271 e. The van der Waals surface area contributed by atoms with E-state index in [0.29, 0.717) is 6.54 Å². The zero-order chi connectivity index (χ0) is 18.4.